The average Bonchev–Trinajstić information content (AvgIpc) is 3.31. The smallest absolute Gasteiger partial charge is 0.325 e. The fourth-order valence-electron chi connectivity index (χ4n) is 3.24. The summed E-state index contributed by atoms with van der Waals surface area (Å²) in [5.74, 6) is -3.60. The number of halogens is 5. The molecule has 3 aromatic rings. The molecule has 0 atom stereocenters. The van der Waals surface area contributed by atoms with Crippen molar-refractivity contribution in [3.05, 3.63) is 59.5 Å². The van der Waals surface area contributed by atoms with Crippen LogP contribution < -0.4 is 4.90 Å². The van der Waals surface area contributed by atoms with Gasteiger partial charge in [0.15, 0.2) is 0 Å². The minimum absolute atomic E-state index is 0.0889. The van der Waals surface area contributed by atoms with Crippen molar-refractivity contribution in [1.82, 2.24) is 20.1 Å². The molecule has 8 nitrogen and oxygen atoms in total. The molecule has 0 N–H and O–H groups in total. The Morgan fingerprint density at radius 1 is 1.12 bits per heavy atom. The molecule has 0 spiro atoms. The number of anilines is 1. The summed E-state index contributed by atoms with van der Waals surface area (Å²) in [6.07, 6.45) is -1.94. The number of urea groups is 1. The van der Waals surface area contributed by atoms with Crippen LogP contribution in [0.5, 0.6) is 0 Å². The molecule has 180 valence electrons. The van der Waals surface area contributed by atoms with Crippen molar-refractivity contribution in [2.24, 2.45) is 0 Å². The second-order valence-electron chi connectivity index (χ2n) is 7.20. The summed E-state index contributed by atoms with van der Waals surface area (Å²) in [4.78, 5) is 19.2. The van der Waals surface area contributed by atoms with Gasteiger partial charge in [0.1, 0.15) is 17.5 Å². The Balaban J connectivity index is 1.65. The van der Waals surface area contributed by atoms with Crippen molar-refractivity contribution in [1.29, 1.82) is 0 Å². The highest BCUT2D eigenvalue weighted by atomic mass is 32.2. The van der Waals surface area contributed by atoms with Crippen LogP contribution >= 0.6 is 0 Å². The third-order valence-electron chi connectivity index (χ3n) is 4.98. The predicted molar refractivity (Wildman–Crippen MR) is 110 cm³/mol. The summed E-state index contributed by atoms with van der Waals surface area (Å²) in [6.45, 7) is -0.328. The van der Waals surface area contributed by atoms with E-state index in [0.29, 0.717) is 0 Å². The van der Waals surface area contributed by atoms with Gasteiger partial charge >= 0.3 is 12.5 Å². The maximum atomic E-state index is 14.9. The van der Waals surface area contributed by atoms with Gasteiger partial charge in [-0.1, -0.05) is 0 Å². The zero-order valence-corrected chi connectivity index (χ0v) is 18.1. The maximum Gasteiger partial charge on any atom is 0.325 e. The minimum Gasteiger partial charge on any atom is -0.415 e. The van der Waals surface area contributed by atoms with E-state index in [4.69, 9.17) is 4.42 Å². The molecular weight excluding hydrogens is 485 g/mol. The largest absolute Gasteiger partial charge is 0.415 e. The van der Waals surface area contributed by atoms with Crippen molar-refractivity contribution in [2.75, 3.05) is 29.5 Å². The van der Waals surface area contributed by atoms with E-state index >= 15 is 0 Å². The highest BCUT2D eigenvalue weighted by Gasteiger charge is 2.29. The lowest BCUT2D eigenvalue weighted by Crippen LogP contribution is -2.49. The monoisotopic (exact) mass is 501 g/mol. The molecule has 1 aromatic carbocycles. The Bertz CT molecular complexity index is 1230. The molecule has 1 aliphatic rings. The van der Waals surface area contributed by atoms with Crippen molar-refractivity contribution < 1.29 is 35.4 Å². The van der Waals surface area contributed by atoms with Crippen molar-refractivity contribution in [3.8, 4) is 11.5 Å². The van der Waals surface area contributed by atoms with Gasteiger partial charge in [-0.15, -0.1) is 10.2 Å². The SMILES string of the molecule is O=C(N1CCS(=O)CC1)N(Cc1ncc(-c2nnc(C(F)F)o2)cc1F)c1cc(F)ccc1F. The predicted octanol–water partition coefficient (Wildman–Crippen LogP) is 3.68. The zero-order valence-electron chi connectivity index (χ0n) is 17.3. The molecule has 0 saturated carbocycles. The first kappa shape index (κ1) is 23.7. The van der Waals surface area contributed by atoms with Crippen molar-refractivity contribution in [2.45, 2.75) is 13.0 Å². The average molecular weight is 501 g/mol. The molecule has 4 rings (SSSR count). The fraction of sp³-hybridized carbons (Fsp3) is 0.300. The number of carbonyl (C=O) groups excluding carboxylic acids is 1. The number of benzene rings is 1. The number of carbonyl (C=O) groups is 1. The number of nitrogens with zero attached hydrogens (tertiary/aromatic N) is 5. The van der Waals surface area contributed by atoms with Gasteiger partial charge in [-0.25, -0.2) is 18.0 Å². The first-order chi connectivity index (χ1) is 16.2. The van der Waals surface area contributed by atoms with Crippen LogP contribution in [0.15, 0.2) is 34.9 Å². The lowest BCUT2D eigenvalue weighted by atomic mass is 10.2. The van der Waals surface area contributed by atoms with E-state index in [-0.39, 0.29) is 35.9 Å². The van der Waals surface area contributed by atoms with E-state index in [0.717, 1.165) is 35.4 Å². The lowest BCUT2D eigenvalue weighted by molar-refractivity contribution is 0.116. The van der Waals surface area contributed by atoms with Gasteiger partial charge in [-0.05, 0) is 18.2 Å². The molecule has 2 aromatic heterocycles. The summed E-state index contributed by atoms with van der Waals surface area (Å²) >= 11 is 0. The number of hydrogen-bond acceptors (Lipinski definition) is 6. The molecule has 0 bridgehead atoms. The van der Waals surface area contributed by atoms with Gasteiger partial charge in [0.2, 0.25) is 5.89 Å². The van der Waals surface area contributed by atoms with Gasteiger partial charge in [-0.2, -0.15) is 8.78 Å². The molecule has 1 saturated heterocycles. The van der Waals surface area contributed by atoms with Crippen LogP contribution in [0.25, 0.3) is 11.5 Å². The van der Waals surface area contributed by atoms with E-state index in [9.17, 15) is 31.0 Å². The minimum atomic E-state index is -3.01. The van der Waals surface area contributed by atoms with Crippen LogP contribution in [-0.4, -0.2) is 54.9 Å². The molecular formula is C20H16F5N5O3S. The zero-order chi connectivity index (χ0) is 24.4. The van der Waals surface area contributed by atoms with Crippen LogP contribution in [0.4, 0.5) is 32.4 Å². The highest BCUT2D eigenvalue weighted by Crippen LogP contribution is 2.27. The Labute approximate surface area is 191 Å². The van der Waals surface area contributed by atoms with Gasteiger partial charge < -0.3 is 9.32 Å². The van der Waals surface area contributed by atoms with Crippen molar-refractivity contribution >= 4 is 22.5 Å². The second-order valence-corrected chi connectivity index (χ2v) is 8.89. The molecule has 0 unspecified atom stereocenters. The molecule has 1 aliphatic heterocycles. The Morgan fingerprint density at radius 2 is 1.85 bits per heavy atom. The van der Waals surface area contributed by atoms with Gasteiger partial charge in [0.05, 0.1) is 23.5 Å². The summed E-state index contributed by atoms with van der Waals surface area (Å²) in [5, 5.41) is 6.57. The number of alkyl halides is 2. The Kier molecular flexibility index (Phi) is 6.86. The molecule has 34 heavy (non-hydrogen) atoms. The third kappa shape index (κ3) is 5.05. The molecule has 1 fully saturated rings. The number of rotatable bonds is 5. The highest BCUT2D eigenvalue weighted by molar-refractivity contribution is 7.85. The summed E-state index contributed by atoms with van der Waals surface area (Å²) in [5.41, 5.74) is -0.829. The van der Waals surface area contributed by atoms with Gasteiger partial charge in [-0.3, -0.25) is 14.1 Å². The van der Waals surface area contributed by atoms with Crippen LogP contribution in [0.2, 0.25) is 0 Å². The van der Waals surface area contributed by atoms with Crippen LogP contribution in [-0.2, 0) is 17.3 Å². The lowest BCUT2D eigenvalue weighted by Gasteiger charge is -2.32. The quantitative estimate of drug-likeness (QED) is 0.496. The van der Waals surface area contributed by atoms with E-state index in [2.05, 4.69) is 15.2 Å². The molecule has 0 radical (unpaired) electrons. The molecule has 14 heteroatoms. The first-order valence-corrected chi connectivity index (χ1v) is 11.3. The van der Waals surface area contributed by atoms with Crippen LogP contribution in [0.3, 0.4) is 0 Å². The van der Waals surface area contributed by atoms with Crippen molar-refractivity contribution in [3.63, 3.8) is 0 Å². The second kappa shape index (κ2) is 9.83. The van der Waals surface area contributed by atoms with E-state index in [1.165, 1.54) is 4.90 Å². The fourth-order valence-corrected chi connectivity index (χ4v) is 4.29. The Hall–Kier alpha value is -3.42. The maximum absolute atomic E-state index is 14.9. The first-order valence-electron chi connectivity index (χ1n) is 9.85. The molecule has 3 heterocycles. The van der Waals surface area contributed by atoms with E-state index < -0.39 is 64.7 Å². The normalized spacial score (nSPS) is 14.6. The Morgan fingerprint density at radius 3 is 2.50 bits per heavy atom. The third-order valence-corrected chi connectivity index (χ3v) is 6.25. The molecule has 0 aliphatic carbocycles. The number of amides is 2. The number of pyridine rings is 1. The van der Waals surface area contributed by atoms with Crippen LogP contribution in [0, 0.1) is 17.5 Å². The summed E-state index contributed by atoms with van der Waals surface area (Å²) in [6, 6.07) is 2.65. The van der Waals surface area contributed by atoms with E-state index in [1.54, 1.807) is 0 Å². The van der Waals surface area contributed by atoms with E-state index in [1.807, 2.05) is 0 Å². The molecule has 2 amide bonds. The summed E-state index contributed by atoms with van der Waals surface area (Å²) in [7, 11) is -1.09. The van der Waals surface area contributed by atoms with Crippen LogP contribution in [0.1, 0.15) is 18.0 Å². The summed E-state index contributed by atoms with van der Waals surface area (Å²) < 4.78 is 84.9. The van der Waals surface area contributed by atoms with Gasteiger partial charge in [0, 0.05) is 47.7 Å². The number of hydrogen-bond donors (Lipinski definition) is 0. The van der Waals surface area contributed by atoms with Gasteiger partial charge in [0.25, 0.3) is 5.89 Å². The standard InChI is InChI=1S/C20H16F5N5O3S/c21-12-1-2-13(22)16(8-12)30(20(31)29-3-5-34(32)6-4-29)10-15-14(23)7-11(9-26-15)18-27-28-19(33-18)17(24)25/h1-2,7-9,17H,3-6,10H2. The topological polar surface area (TPSA) is 92.4 Å². The number of aromatic nitrogens is 3.